The van der Waals surface area contributed by atoms with E-state index in [2.05, 4.69) is 82.5 Å². The number of hydrogen-bond acceptors (Lipinski definition) is 4. The summed E-state index contributed by atoms with van der Waals surface area (Å²) in [5.41, 5.74) is 8.55. The van der Waals surface area contributed by atoms with Gasteiger partial charge in [0.2, 0.25) is 0 Å². The fourth-order valence-corrected chi connectivity index (χ4v) is 6.49. The summed E-state index contributed by atoms with van der Waals surface area (Å²) in [4.78, 5) is 9.39. The molecular weight excluding hydrogens is 541 g/mol. The number of ether oxygens (including phenoxy) is 1. The van der Waals surface area contributed by atoms with Gasteiger partial charge in [0.05, 0.1) is 22.4 Å². The van der Waals surface area contributed by atoms with Gasteiger partial charge in [-0.05, 0) is 54.0 Å². The molecule has 9 rings (SSSR count). The van der Waals surface area contributed by atoms with Crippen molar-refractivity contribution in [3.05, 3.63) is 146 Å². The Hall–Kier alpha value is -5.95. The van der Waals surface area contributed by atoms with E-state index >= 15 is 0 Å². The fraction of sp³-hybridized carbons (Fsp3) is 0. The number of aromatic nitrogens is 5. The van der Waals surface area contributed by atoms with Gasteiger partial charge in [-0.2, -0.15) is 5.10 Å². The molecule has 0 amide bonds. The standard InChI is InChI=1S/C37H24BN5O/c1-2-10-25(11-3-1)38-32-15-9-21-40-36(32)31-24-42(41-37(31)38)26-12-8-13-27(22-26)44-28-18-19-30-29-14-4-5-16-33(29)43(34(30)23-28)35-17-6-7-20-39-35/h1-24H. The lowest BCUT2D eigenvalue weighted by atomic mass is 9.41. The summed E-state index contributed by atoms with van der Waals surface area (Å²) in [6, 6.07) is 43.4. The minimum absolute atomic E-state index is 0.0492. The van der Waals surface area contributed by atoms with E-state index in [0.29, 0.717) is 0 Å². The lowest BCUT2D eigenvalue weighted by molar-refractivity contribution is 0.483. The minimum Gasteiger partial charge on any atom is -0.457 e. The lowest BCUT2D eigenvalue weighted by Crippen LogP contribution is -2.50. The van der Waals surface area contributed by atoms with Gasteiger partial charge in [-0.25, -0.2) is 9.67 Å². The zero-order valence-corrected chi connectivity index (χ0v) is 23.6. The highest BCUT2D eigenvalue weighted by Crippen LogP contribution is 2.35. The van der Waals surface area contributed by atoms with Crippen molar-refractivity contribution >= 4 is 45.0 Å². The lowest BCUT2D eigenvalue weighted by Gasteiger charge is -2.11. The molecule has 0 aliphatic carbocycles. The summed E-state index contributed by atoms with van der Waals surface area (Å²) in [6.07, 6.45) is 5.76. The molecule has 0 bridgehead atoms. The van der Waals surface area contributed by atoms with E-state index in [1.165, 1.54) is 16.3 Å². The van der Waals surface area contributed by atoms with Crippen LogP contribution in [0, 0.1) is 0 Å². The zero-order valence-electron chi connectivity index (χ0n) is 23.6. The normalized spacial score (nSPS) is 12.0. The van der Waals surface area contributed by atoms with Crippen molar-refractivity contribution in [1.82, 2.24) is 24.3 Å². The van der Waals surface area contributed by atoms with Gasteiger partial charge in [0.15, 0.2) is 0 Å². The Balaban J connectivity index is 1.10. The molecule has 6 nitrogen and oxygen atoms in total. The molecule has 0 spiro atoms. The zero-order chi connectivity index (χ0) is 29.0. The maximum atomic E-state index is 6.47. The summed E-state index contributed by atoms with van der Waals surface area (Å²) in [7, 11) is 0. The predicted molar refractivity (Wildman–Crippen MR) is 177 cm³/mol. The van der Waals surface area contributed by atoms with Crippen molar-refractivity contribution in [2.75, 3.05) is 0 Å². The first-order chi connectivity index (χ1) is 21.8. The monoisotopic (exact) mass is 565 g/mol. The molecule has 0 N–H and O–H groups in total. The van der Waals surface area contributed by atoms with Crippen LogP contribution in [0.2, 0.25) is 0 Å². The average molecular weight is 565 g/mol. The van der Waals surface area contributed by atoms with Gasteiger partial charge in [-0.15, -0.1) is 0 Å². The fourth-order valence-electron chi connectivity index (χ4n) is 6.49. The smallest absolute Gasteiger partial charge is 0.271 e. The molecule has 0 fully saturated rings. The molecule has 8 aromatic rings. The van der Waals surface area contributed by atoms with E-state index < -0.39 is 0 Å². The number of rotatable bonds is 5. The van der Waals surface area contributed by atoms with Crippen LogP contribution in [-0.2, 0) is 0 Å². The molecule has 1 aliphatic rings. The Morgan fingerprint density at radius 2 is 1.43 bits per heavy atom. The summed E-state index contributed by atoms with van der Waals surface area (Å²) < 4.78 is 10.6. The third-order valence-corrected chi connectivity index (χ3v) is 8.40. The molecule has 5 heterocycles. The second-order valence-electron chi connectivity index (χ2n) is 11.0. The molecular formula is C37H24BN5O. The van der Waals surface area contributed by atoms with E-state index in [-0.39, 0.29) is 6.71 Å². The Bertz CT molecular complexity index is 2330. The Morgan fingerprint density at radius 1 is 0.614 bits per heavy atom. The Morgan fingerprint density at radius 3 is 2.34 bits per heavy atom. The van der Waals surface area contributed by atoms with Crippen LogP contribution < -0.4 is 21.3 Å². The number of hydrogen-bond donors (Lipinski definition) is 0. The minimum atomic E-state index is 0.0492. The SMILES string of the molecule is c1ccc(B2c3cccnc3-c3cn(-c4cccc(Oc5ccc6c7ccccc7n(-c7ccccn7)c6c5)c4)nc32)cc1. The summed E-state index contributed by atoms with van der Waals surface area (Å²) in [6.45, 7) is 0.0492. The van der Waals surface area contributed by atoms with Crippen LogP contribution in [0.15, 0.2) is 146 Å². The number of benzene rings is 4. The molecule has 0 radical (unpaired) electrons. The topological polar surface area (TPSA) is 57.8 Å². The Labute approximate surface area is 253 Å². The van der Waals surface area contributed by atoms with Gasteiger partial charge in [-0.1, -0.05) is 72.2 Å². The Kier molecular flexibility index (Phi) is 5.50. The van der Waals surface area contributed by atoms with Crippen LogP contribution in [0.5, 0.6) is 11.5 Å². The van der Waals surface area contributed by atoms with E-state index in [9.17, 15) is 0 Å². The number of pyridine rings is 2. The molecule has 0 saturated heterocycles. The van der Waals surface area contributed by atoms with Crippen LogP contribution >= 0.6 is 0 Å². The predicted octanol–water partition coefficient (Wildman–Crippen LogP) is 6.05. The maximum Gasteiger partial charge on any atom is 0.271 e. The number of para-hydroxylation sites is 1. The van der Waals surface area contributed by atoms with E-state index in [4.69, 9.17) is 14.8 Å². The highest BCUT2D eigenvalue weighted by atomic mass is 16.5. The van der Waals surface area contributed by atoms with Crippen LogP contribution in [0.3, 0.4) is 0 Å². The average Bonchev–Trinajstić information content (AvgIpc) is 3.74. The van der Waals surface area contributed by atoms with Crippen molar-refractivity contribution in [3.8, 4) is 34.3 Å². The maximum absolute atomic E-state index is 6.47. The molecule has 0 unspecified atom stereocenters. The molecule has 206 valence electrons. The van der Waals surface area contributed by atoms with Crippen molar-refractivity contribution < 1.29 is 4.74 Å². The van der Waals surface area contributed by atoms with Gasteiger partial charge in [-0.3, -0.25) is 9.55 Å². The van der Waals surface area contributed by atoms with Crippen molar-refractivity contribution in [2.24, 2.45) is 0 Å². The first-order valence-corrected chi connectivity index (χ1v) is 14.6. The first kappa shape index (κ1) is 24.6. The van der Waals surface area contributed by atoms with Gasteiger partial charge >= 0.3 is 0 Å². The van der Waals surface area contributed by atoms with E-state index in [1.807, 2.05) is 77.7 Å². The molecule has 44 heavy (non-hydrogen) atoms. The van der Waals surface area contributed by atoms with Crippen LogP contribution in [0.25, 0.3) is 44.6 Å². The van der Waals surface area contributed by atoms with E-state index in [0.717, 1.165) is 56.3 Å². The molecule has 4 aromatic carbocycles. The summed E-state index contributed by atoms with van der Waals surface area (Å²) in [5, 5.41) is 7.43. The van der Waals surface area contributed by atoms with Gasteiger partial charge in [0, 0.05) is 52.7 Å². The summed E-state index contributed by atoms with van der Waals surface area (Å²) >= 11 is 0. The van der Waals surface area contributed by atoms with Crippen LogP contribution in [0.1, 0.15) is 0 Å². The third kappa shape index (κ3) is 3.87. The quantitative estimate of drug-likeness (QED) is 0.239. The molecule has 1 aliphatic heterocycles. The van der Waals surface area contributed by atoms with Gasteiger partial charge in [0.1, 0.15) is 17.3 Å². The largest absolute Gasteiger partial charge is 0.457 e. The third-order valence-electron chi connectivity index (χ3n) is 8.40. The van der Waals surface area contributed by atoms with Gasteiger partial charge < -0.3 is 4.74 Å². The second kappa shape index (κ2) is 9.82. The first-order valence-electron chi connectivity index (χ1n) is 14.6. The van der Waals surface area contributed by atoms with Crippen molar-refractivity contribution in [2.45, 2.75) is 0 Å². The number of fused-ring (bicyclic) bond motifs is 6. The van der Waals surface area contributed by atoms with Gasteiger partial charge in [0.25, 0.3) is 6.71 Å². The molecule has 4 aromatic heterocycles. The number of nitrogens with zero attached hydrogens (tertiary/aromatic N) is 5. The van der Waals surface area contributed by atoms with Crippen LogP contribution in [0.4, 0.5) is 0 Å². The highest BCUT2D eigenvalue weighted by molar-refractivity contribution is 6.98. The van der Waals surface area contributed by atoms with Crippen LogP contribution in [-0.4, -0.2) is 31.0 Å². The second-order valence-corrected chi connectivity index (χ2v) is 11.0. The molecule has 0 saturated carbocycles. The molecule has 7 heteroatoms. The highest BCUT2D eigenvalue weighted by Gasteiger charge is 2.37. The van der Waals surface area contributed by atoms with Crippen molar-refractivity contribution in [1.29, 1.82) is 0 Å². The molecule has 0 atom stereocenters. The van der Waals surface area contributed by atoms with Crippen molar-refractivity contribution in [3.63, 3.8) is 0 Å². The summed E-state index contributed by atoms with van der Waals surface area (Å²) in [5.74, 6) is 2.35. The van der Waals surface area contributed by atoms with E-state index in [1.54, 1.807) is 0 Å².